The van der Waals surface area contributed by atoms with E-state index in [-0.39, 0.29) is 16.6 Å². The van der Waals surface area contributed by atoms with Crippen molar-refractivity contribution in [2.75, 3.05) is 12.9 Å². The monoisotopic (exact) mass is 347 g/mol. The molecule has 0 saturated carbocycles. The second-order valence-electron chi connectivity index (χ2n) is 5.56. The van der Waals surface area contributed by atoms with E-state index in [1.807, 2.05) is 30.3 Å². The number of benzene rings is 2. The zero-order valence-corrected chi connectivity index (χ0v) is 14.5. The minimum absolute atomic E-state index is 0.186. The molecule has 0 aliphatic carbocycles. The fourth-order valence-electron chi connectivity index (χ4n) is 2.24. The van der Waals surface area contributed by atoms with Crippen molar-refractivity contribution in [1.82, 2.24) is 5.32 Å². The molecule has 0 spiro atoms. The van der Waals surface area contributed by atoms with Gasteiger partial charge in [0.1, 0.15) is 5.75 Å². The summed E-state index contributed by atoms with van der Waals surface area (Å²) in [4.78, 5) is 12.3. The van der Waals surface area contributed by atoms with Crippen LogP contribution >= 0.6 is 0 Å². The summed E-state index contributed by atoms with van der Waals surface area (Å²) in [6.07, 6.45) is 0. The summed E-state index contributed by atoms with van der Waals surface area (Å²) in [5, 5.41) is 2.77. The molecule has 5 nitrogen and oxygen atoms in total. The van der Waals surface area contributed by atoms with Crippen molar-refractivity contribution in [3.05, 3.63) is 60.2 Å². The highest BCUT2D eigenvalue weighted by Gasteiger charge is 2.23. The minimum atomic E-state index is -3.53. The van der Waals surface area contributed by atoms with Crippen LogP contribution in [0.15, 0.2) is 59.5 Å². The Kier molecular flexibility index (Phi) is 5.98. The number of hydrogen-bond donors (Lipinski definition) is 1. The molecule has 24 heavy (non-hydrogen) atoms. The van der Waals surface area contributed by atoms with Crippen LogP contribution in [0.25, 0.3) is 0 Å². The third kappa shape index (κ3) is 4.83. The number of rotatable bonds is 7. The first-order valence-corrected chi connectivity index (χ1v) is 9.26. The van der Waals surface area contributed by atoms with Gasteiger partial charge in [-0.1, -0.05) is 37.3 Å². The fraction of sp³-hybridized carbons (Fsp3) is 0.278. The van der Waals surface area contributed by atoms with E-state index in [1.165, 1.54) is 19.2 Å². The molecule has 0 aliphatic heterocycles. The molecule has 128 valence electrons. The predicted molar refractivity (Wildman–Crippen MR) is 92.5 cm³/mol. The quantitative estimate of drug-likeness (QED) is 0.835. The normalized spacial score (nSPS) is 12.4. The highest BCUT2D eigenvalue weighted by atomic mass is 32.2. The standard InChI is InChI=1S/C18H21NO4S/c1-14(18(20)19-12-15-6-4-3-5-7-15)13-24(21,22)17-10-8-16(23-2)9-11-17/h3-11,14H,12-13H2,1-2H3,(H,19,20)/t14-/m1/s1. The summed E-state index contributed by atoms with van der Waals surface area (Å²) in [6.45, 7) is 1.99. The van der Waals surface area contributed by atoms with Crippen molar-refractivity contribution in [2.24, 2.45) is 5.92 Å². The lowest BCUT2D eigenvalue weighted by Crippen LogP contribution is -2.32. The number of carbonyl (C=O) groups excluding carboxylic acids is 1. The van der Waals surface area contributed by atoms with Crippen LogP contribution in [0.5, 0.6) is 5.75 Å². The van der Waals surface area contributed by atoms with Gasteiger partial charge in [0, 0.05) is 12.5 Å². The molecule has 2 rings (SSSR count). The van der Waals surface area contributed by atoms with Crippen molar-refractivity contribution in [3.63, 3.8) is 0 Å². The molecular formula is C18H21NO4S. The van der Waals surface area contributed by atoms with Crippen molar-refractivity contribution in [2.45, 2.75) is 18.4 Å². The van der Waals surface area contributed by atoms with E-state index in [2.05, 4.69) is 5.32 Å². The Hall–Kier alpha value is -2.34. The lowest BCUT2D eigenvalue weighted by Gasteiger charge is -2.13. The number of sulfone groups is 1. The summed E-state index contributed by atoms with van der Waals surface area (Å²) < 4.78 is 29.8. The number of nitrogens with one attached hydrogen (secondary N) is 1. The zero-order valence-electron chi connectivity index (χ0n) is 13.7. The third-order valence-electron chi connectivity index (χ3n) is 3.65. The Labute approximate surface area is 142 Å². The summed E-state index contributed by atoms with van der Waals surface area (Å²) in [5.74, 6) is -0.570. The molecule has 2 aromatic rings. The molecule has 1 amide bonds. The van der Waals surface area contributed by atoms with E-state index in [4.69, 9.17) is 4.74 Å². The molecule has 0 aliphatic rings. The lowest BCUT2D eigenvalue weighted by molar-refractivity contribution is -0.124. The zero-order chi connectivity index (χ0) is 17.6. The van der Waals surface area contributed by atoms with Gasteiger partial charge in [-0.25, -0.2) is 8.42 Å². The number of hydrogen-bond acceptors (Lipinski definition) is 4. The average molecular weight is 347 g/mol. The fourth-order valence-corrected chi connectivity index (χ4v) is 3.80. The number of ether oxygens (including phenoxy) is 1. The largest absolute Gasteiger partial charge is 0.497 e. The molecule has 0 saturated heterocycles. The maximum atomic E-state index is 12.4. The van der Waals surface area contributed by atoms with E-state index >= 15 is 0 Å². The Balaban J connectivity index is 1.96. The minimum Gasteiger partial charge on any atom is -0.497 e. The van der Waals surface area contributed by atoms with E-state index in [9.17, 15) is 13.2 Å². The second-order valence-corrected chi connectivity index (χ2v) is 7.60. The van der Waals surface area contributed by atoms with Gasteiger partial charge in [0.05, 0.1) is 17.8 Å². The van der Waals surface area contributed by atoms with Gasteiger partial charge < -0.3 is 10.1 Å². The second kappa shape index (κ2) is 7.97. The van der Waals surface area contributed by atoms with Crippen LogP contribution in [-0.2, 0) is 21.2 Å². The molecule has 0 radical (unpaired) electrons. The van der Waals surface area contributed by atoms with Gasteiger partial charge in [-0.15, -0.1) is 0 Å². The van der Waals surface area contributed by atoms with Gasteiger partial charge in [0.25, 0.3) is 0 Å². The van der Waals surface area contributed by atoms with Crippen molar-refractivity contribution in [1.29, 1.82) is 0 Å². The number of carbonyl (C=O) groups is 1. The summed E-state index contributed by atoms with van der Waals surface area (Å²) in [5.41, 5.74) is 0.969. The number of methoxy groups -OCH3 is 1. The van der Waals surface area contributed by atoms with Crippen LogP contribution in [0.4, 0.5) is 0 Å². The highest BCUT2D eigenvalue weighted by Crippen LogP contribution is 2.18. The van der Waals surface area contributed by atoms with E-state index in [1.54, 1.807) is 19.1 Å². The first-order valence-electron chi connectivity index (χ1n) is 7.61. The van der Waals surface area contributed by atoms with Crippen molar-refractivity contribution in [3.8, 4) is 5.75 Å². The Morgan fingerprint density at radius 3 is 2.29 bits per heavy atom. The molecular weight excluding hydrogens is 326 g/mol. The number of amides is 1. The SMILES string of the molecule is COc1ccc(S(=O)(=O)C[C@@H](C)C(=O)NCc2ccccc2)cc1. The van der Waals surface area contributed by atoms with Crippen LogP contribution in [0.2, 0.25) is 0 Å². The third-order valence-corrected chi connectivity index (χ3v) is 5.57. The van der Waals surface area contributed by atoms with Crippen LogP contribution < -0.4 is 10.1 Å². The van der Waals surface area contributed by atoms with Gasteiger partial charge in [0.2, 0.25) is 5.91 Å². The van der Waals surface area contributed by atoms with Gasteiger partial charge in [-0.2, -0.15) is 0 Å². The Morgan fingerprint density at radius 2 is 1.71 bits per heavy atom. The maximum Gasteiger partial charge on any atom is 0.224 e. The van der Waals surface area contributed by atoms with Gasteiger partial charge in [-0.05, 0) is 29.8 Å². The smallest absolute Gasteiger partial charge is 0.224 e. The molecule has 0 heterocycles. The molecule has 6 heteroatoms. The molecule has 2 aromatic carbocycles. The van der Waals surface area contributed by atoms with E-state index in [0.717, 1.165) is 5.56 Å². The van der Waals surface area contributed by atoms with Crippen molar-refractivity contribution >= 4 is 15.7 Å². The summed E-state index contributed by atoms with van der Waals surface area (Å²) >= 11 is 0. The van der Waals surface area contributed by atoms with Crippen molar-refractivity contribution < 1.29 is 17.9 Å². The topological polar surface area (TPSA) is 72.5 Å². The van der Waals surface area contributed by atoms with Gasteiger partial charge in [-0.3, -0.25) is 4.79 Å². The van der Waals surface area contributed by atoms with Gasteiger partial charge >= 0.3 is 0 Å². The van der Waals surface area contributed by atoms with Crippen LogP contribution in [-0.4, -0.2) is 27.2 Å². The molecule has 1 N–H and O–H groups in total. The van der Waals surface area contributed by atoms with E-state index in [0.29, 0.717) is 12.3 Å². The van der Waals surface area contributed by atoms with Gasteiger partial charge in [0.15, 0.2) is 9.84 Å². The molecule has 0 unspecified atom stereocenters. The lowest BCUT2D eigenvalue weighted by atomic mass is 10.2. The molecule has 0 aromatic heterocycles. The molecule has 0 fully saturated rings. The summed E-state index contributed by atoms with van der Waals surface area (Å²) in [6, 6.07) is 15.6. The maximum absolute atomic E-state index is 12.4. The van der Waals surface area contributed by atoms with Crippen LogP contribution in [0.1, 0.15) is 12.5 Å². The average Bonchev–Trinajstić information content (AvgIpc) is 2.60. The molecule has 0 bridgehead atoms. The first-order chi connectivity index (χ1) is 11.4. The van der Waals surface area contributed by atoms with Crippen LogP contribution in [0, 0.1) is 5.92 Å². The Bertz CT molecular complexity index is 770. The first kappa shape index (κ1) is 18.0. The van der Waals surface area contributed by atoms with Crippen LogP contribution in [0.3, 0.4) is 0 Å². The van der Waals surface area contributed by atoms with E-state index < -0.39 is 15.8 Å². The summed E-state index contributed by atoms with van der Waals surface area (Å²) in [7, 11) is -2.01. The Morgan fingerprint density at radius 1 is 1.08 bits per heavy atom. The highest BCUT2D eigenvalue weighted by molar-refractivity contribution is 7.91. The molecule has 1 atom stereocenters. The predicted octanol–water partition coefficient (Wildman–Crippen LogP) is 2.42.